The molecular weight excluding hydrogens is 290 g/mol. The van der Waals surface area contributed by atoms with Crippen LogP contribution in [0.4, 0.5) is 5.69 Å². The largest absolute Gasteiger partial charge is 0.504 e. The van der Waals surface area contributed by atoms with E-state index >= 15 is 0 Å². The topological polar surface area (TPSA) is 67.8 Å². The summed E-state index contributed by atoms with van der Waals surface area (Å²) in [4.78, 5) is 13.3. The Bertz CT molecular complexity index is 624. The van der Waals surface area contributed by atoms with E-state index in [1.165, 1.54) is 14.2 Å². The molecule has 0 saturated carbocycles. The second-order valence-corrected chi connectivity index (χ2v) is 5.61. The average molecular weight is 307 g/mol. The fraction of sp³-hybridized carbons (Fsp3) is 0.267. The Hall–Kier alpha value is -2.21. The van der Waals surface area contributed by atoms with Crippen molar-refractivity contribution >= 4 is 23.0 Å². The highest BCUT2D eigenvalue weighted by atomic mass is 32.1. The second-order valence-electron chi connectivity index (χ2n) is 4.36. The summed E-state index contributed by atoms with van der Waals surface area (Å²) in [7, 11) is 2.89. The van der Waals surface area contributed by atoms with Crippen LogP contribution in [0.15, 0.2) is 30.3 Å². The monoisotopic (exact) mass is 307 g/mol. The molecule has 0 radical (unpaired) electrons. The highest BCUT2D eigenvalue weighted by Gasteiger charge is 2.07. The van der Waals surface area contributed by atoms with Crippen molar-refractivity contribution < 1.29 is 19.4 Å². The van der Waals surface area contributed by atoms with Crippen LogP contribution in [0.5, 0.6) is 11.5 Å². The van der Waals surface area contributed by atoms with Crippen molar-refractivity contribution in [2.75, 3.05) is 19.5 Å². The molecule has 5 nitrogen and oxygen atoms in total. The number of ether oxygens (including phenoxy) is 2. The number of carbonyl (C=O) groups excluding carboxylic acids is 1. The third-order valence-corrected chi connectivity index (χ3v) is 3.99. The van der Waals surface area contributed by atoms with E-state index in [0.717, 1.165) is 15.4 Å². The van der Waals surface area contributed by atoms with E-state index in [0.29, 0.717) is 18.7 Å². The number of esters is 1. The number of phenolic OH excluding ortho intramolecular Hbond substituents is 1. The number of phenols is 1. The van der Waals surface area contributed by atoms with Crippen molar-refractivity contribution in [2.45, 2.75) is 13.0 Å². The number of thiophene rings is 1. The third kappa shape index (κ3) is 4.13. The molecule has 1 aromatic heterocycles. The van der Waals surface area contributed by atoms with Crippen molar-refractivity contribution in [3.8, 4) is 11.5 Å². The summed E-state index contributed by atoms with van der Waals surface area (Å²) in [5.41, 5.74) is 0.802. The number of benzene rings is 1. The van der Waals surface area contributed by atoms with Crippen LogP contribution in [-0.4, -0.2) is 25.3 Å². The van der Waals surface area contributed by atoms with Crippen molar-refractivity contribution in [3.63, 3.8) is 0 Å². The molecule has 0 amide bonds. The van der Waals surface area contributed by atoms with Gasteiger partial charge in [-0.3, -0.25) is 4.79 Å². The molecule has 0 spiro atoms. The molecule has 0 aliphatic carbocycles. The Morgan fingerprint density at radius 2 is 2.00 bits per heavy atom. The number of aromatic hydroxyl groups is 1. The van der Waals surface area contributed by atoms with Gasteiger partial charge in [-0.2, -0.15) is 0 Å². The molecule has 0 bridgehead atoms. The van der Waals surface area contributed by atoms with Gasteiger partial charge in [-0.25, -0.2) is 0 Å². The molecule has 1 heterocycles. The summed E-state index contributed by atoms with van der Waals surface area (Å²) in [6.07, 6.45) is 0.296. The predicted molar refractivity (Wildman–Crippen MR) is 82.0 cm³/mol. The molecule has 21 heavy (non-hydrogen) atoms. The van der Waals surface area contributed by atoms with Crippen LogP contribution >= 0.6 is 11.3 Å². The Labute approximate surface area is 127 Å². The lowest BCUT2D eigenvalue weighted by atomic mass is 10.2. The van der Waals surface area contributed by atoms with Crippen LogP contribution in [0.1, 0.15) is 9.75 Å². The zero-order valence-corrected chi connectivity index (χ0v) is 12.7. The van der Waals surface area contributed by atoms with Gasteiger partial charge in [0.05, 0.1) is 20.6 Å². The summed E-state index contributed by atoms with van der Waals surface area (Å²) >= 11 is 1.56. The zero-order valence-electron chi connectivity index (χ0n) is 11.9. The third-order valence-electron chi connectivity index (χ3n) is 2.91. The van der Waals surface area contributed by atoms with Crippen molar-refractivity contribution in [1.29, 1.82) is 0 Å². The minimum absolute atomic E-state index is 0.0973. The van der Waals surface area contributed by atoms with Crippen molar-refractivity contribution in [1.82, 2.24) is 0 Å². The van der Waals surface area contributed by atoms with Gasteiger partial charge in [0, 0.05) is 28.1 Å². The molecule has 0 fully saturated rings. The normalized spacial score (nSPS) is 10.2. The molecule has 0 atom stereocenters. The number of nitrogens with one attached hydrogen (secondary N) is 1. The quantitative estimate of drug-likeness (QED) is 0.803. The Balaban J connectivity index is 1.94. The van der Waals surface area contributed by atoms with Gasteiger partial charge in [-0.15, -0.1) is 11.3 Å². The smallest absolute Gasteiger partial charge is 0.310 e. The first-order chi connectivity index (χ1) is 10.1. The predicted octanol–water partition coefficient (Wildman–Crippen LogP) is 2.79. The van der Waals surface area contributed by atoms with Gasteiger partial charge in [0.15, 0.2) is 11.5 Å². The SMILES string of the molecule is COC(=O)Cc1ccc(CNc2ccc(OC)c(O)c2)s1. The van der Waals surface area contributed by atoms with Crippen LogP contribution in [0, 0.1) is 0 Å². The number of hydrogen-bond donors (Lipinski definition) is 2. The van der Waals surface area contributed by atoms with Gasteiger partial charge < -0.3 is 19.9 Å². The van der Waals surface area contributed by atoms with Crippen LogP contribution < -0.4 is 10.1 Å². The molecule has 0 unspecified atom stereocenters. The highest BCUT2D eigenvalue weighted by Crippen LogP contribution is 2.29. The van der Waals surface area contributed by atoms with E-state index in [4.69, 9.17) is 4.74 Å². The number of rotatable bonds is 6. The molecule has 112 valence electrons. The Kier molecular flexibility index (Phi) is 5.05. The molecule has 0 saturated heterocycles. The maximum Gasteiger partial charge on any atom is 0.310 e. The van der Waals surface area contributed by atoms with E-state index in [1.54, 1.807) is 23.5 Å². The fourth-order valence-corrected chi connectivity index (χ4v) is 2.76. The summed E-state index contributed by atoms with van der Waals surface area (Å²) in [6, 6.07) is 9.04. The molecule has 0 aliphatic rings. The van der Waals surface area contributed by atoms with E-state index in [2.05, 4.69) is 10.1 Å². The Morgan fingerprint density at radius 1 is 1.24 bits per heavy atom. The van der Waals surface area contributed by atoms with Crippen LogP contribution in [0.25, 0.3) is 0 Å². The minimum Gasteiger partial charge on any atom is -0.504 e. The molecule has 2 N–H and O–H groups in total. The lowest BCUT2D eigenvalue weighted by Crippen LogP contribution is -2.02. The molecule has 2 rings (SSSR count). The van der Waals surface area contributed by atoms with Crippen molar-refractivity contribution in [3.05, 3.63) is 40.1 Å². The molecular formula is C15H17NO4S. The summed E-state index contributed by atoms with van der Waals surface area (Å²) in [5.74, 6) is 0.300. The van der Waals surface area contributed by atoms with Crippen LogP contribution in [0.2, 0.25) is 0 Å². The maximum absolute atomic E-state index is 11.2. The van der Waals surface area contributed by atoms with E-state index in [9.17, 15) is 9.90 Å². The Morgan fingerprint density at radius 3 is 2.67 bits per heavy atom. The average Bonchev–Trinajstić information content (AvgIpc) is 2.92. The first kappa shape index (κ1) is 15.2. The lowest BCUT2D eigenvalue weighted by molar-refractivity contribution is -0.139. The van der Waals surface area contributed by atoms with Gasteiger partial charge in [0.25, 0.3) is 0 Å². The highest BCUT2D eigenvalue weighted by molar-refractivity contribution is 7.12. The van der Waals surface area contributed by atoms with E-state index < -0.39 is 0 Å². The van der Waals surface area contributed by atoms with Gasteiger partial charge in [0.2, 0.25) is 0 Å². The molecule has 2 aromatic rings. The summed E-state index contributed by atoms with van der Waals surface area (Å²) in [6.45, 7) is 0.623. The van der Waals surface area contributed by atoms with Crippen molar-refractivity contribution in [2.24, 2.45) is 0 Å². The second kappa shape index (κ2) is 6.99. The van der Waals surface area contributed by atoms with Crippen LogP contribution in [-0.2, 0) is 22.5 Å². The van der Waals surface area contributed by atoms with Gasteiger partial charge in [-0.1, -0.05) is 0 Å². The molecule has 6 heteroatoms. The number of anilines is 1. The zero-order chi connectivity index (χ0) is 15.2. The summed E-state index contributed by atoms with van der Waals surface area (Å²) in [5, 5.41) is 12.9. The van der Waals surface area contributed by atoms with Gasteiger partial charge in [-0.05, 0) is 24.3 Å². The first-order valence-corrected chi connectivity index (χ1v) is 7.19. The van der Waals surface area contributed by atoms with Gasteiger partial charge >= 0.3 is 5.97 Å². The lowest BCUT2D eigenvalue weighted by Gasteiger charge is -2.08. The fourth-order valence-electron chi connectivity index (χ4n) is 1.82. The number of methoxy groups -OCH3 is 2. The number of carbonyl (C=O) groups is 1. The molecule has 0 aliphatic heterocycles. The van der Waals surface area contributed by atoms with Crippen LogP contribution in [0.3, 0.4) is 0 Å². The molecule has 1 aromatic carbocycles. The summed E-state index contributed by atoms with van der Waals surface area (Å²) < 4.78 is 9.63. The first-order valence-electron chi connectivity index (χ1n) is 6.37. The maximum atomic E-state index is 11.2. The minimum atomic E-state index is -0.239. The van der Waals surface area contributed by atoms with Gasteiger partial charge in [0.1, 0.15) is 0 Å². The number of hydrogen-bond acceptors (Lipinski definition) is 6. The van der Waals surface area contributed by atoms with E-state index in [1.807, 2.05) is 18.2 Å². The van der Waals surface area contributed by atoms with E-state index in [-0.39, 0.29) is 11.7 Å². The standard InChI is InChI=1S/C15H17NO4S/c1-19-14-6-3-10(7-13(14)17)16-9-12-5-4-11(21-12)8-15(18)20-2/h3-7,16-17H,8-9H2,1-2H3.